The Morgan fingerprint density at radius 2 is 2.40 bits per heavy atom. The summed E-state index contributed by atoms with van der Waals surface area (Å²) in [5, 5.41) is 10.3. The van der Waals surface area contributed by atoms with Gasteiger partial charge in [-0.25, -0.2) is 0 Å². The Balaban J connectivity index is 0.000000810. The SMILES string of the molecule is C[C@H]1C[CH][CH]C(C[O-])O1.[Na+]. The van der Waals surface area contributed by atoms with Gasteiger partial charge in [-0.05, 0) is 26.2 Å². The Morgan fingerprint density at radius 1 is 1.70 bits per heavy atom. The molecule has 1 fully saturated rings. The molecule has 0 bridgehead atoms. The number of ether oxygens (including phenoxy) is 1. The molecule has 2 atom stereocenters. The molecule has 0 aromatic carbocycles. The van der Waals surface area contributed by atoms with Crippen LogP contribution in [0.15, 0.2) is 0 Å². The van der Waals surface area contributed by atoms with Crippen molar-refractivity contribution < 1.29 is 39.4 Å². The fourth-order valence-corrected chi connectivity index (χ4v) is 0.916. The molecule has 1 heterocycles. The van der Waals surface area contributed by atoms with E-state index in [-0.39, 0.29) is 48.4 Å². The number of hydrogen-bond donors (Lipinski definition) is 0. The largest absolute Gasteiger partial charge is 1.00 e. The summed E-state index contributed by atoms with van der Waals surface area (Å²) in [5.41, 5.74) is 0. The van der Waals surface area contributed by atoms with E-state index in [1.54, 1.807) is 0 Å². The van der Waals surface area contributed by atoms with Crippen molar-refractivity contribution in [1.82, 2.24) is 0 Å². The van der Waals surface area contributed by atoms with E-state index in [4.69, 9.17) is 4.74 Å². The Hall–Kier alpha value is 0.920. The van der Waals surface area contributed by atoms with E-state index < -0.39 is 0 Å². The van der Waals surface area contributed by atoms with E-state index >= 15 is 0 Å². The van der Waals surface area contributed by atoms with Gasteiger partial charge < -0.3 is 9.84 Å². The van der Waals surface area contributed by atoms with E-state index in [2.05, 4.69) is 0 Å². The summed E-state index contributed by atoms with van der Waals surface area (Å²) in [6.45, 7) is 1.83. The standard InChI is InChI=1S/C7H11O2.Na/c1-6-3-2-4-7(5-8)9-6;/h2,4,6-7H,3,5H2,1H3;/q-1;+1/t6-,7?;/m0./s1. The van der Waals surface area contributed by atoms with E-state index in [0.717, 1.165) is 6.42 Å². The average molecular weight is 150 g/mol. The zero-order valence-corrected chi connectivity index (χ0v) is 8.54. The third kappa shape index (κ3) is 3.35. The topological polar surface area (TPSA) is 32.3 Å². The summed E-state index contributed by atoms with van der Waals surface area (Å²) >= 11 is 0. The quantitative estimate of drug-likeness (QED) is 0.372. The van der Waals surface area contributed by atoms with Crippen LogP contribution in [0.1, 0.15) is 13.3 Å². The minimum absolute atomic E-state index is 0. The van der Waals surface area contributed by atoms with E-state index in [1.165, 1.54) is 0 Å². The van der Waals surface area contributed by atoms with E-state index in [0.29, 0.717) is 0 Å². The van der Waals surface area contributed by atoms with Gasteiger partial charge in [0.1, 0.15) is 0 Å². The van der Waals surface area contributed by atoms with Crippen LogP contribution in [0.25, 0.3) is 0 Å². The van der Waals surface area contributed by atoms with Gasteiger partial charge in [0.25, 0.3) is 0 Å². The molecule has 0 spiro atoms. The van der Waals surface area contributed by atoms with Crippen molar-refractivity contribution in [3.05, 3.63) is 12.8 Å². The van der Waals surface area contributed by atoms with Crippen LogP contribution in [0.3, 0.4) is 0 Å². The Bertz CT molecular complexity index is 87.7. The Morgan fingerprint density at radius 3 is 2.80 bits per heavy atom. The molecule has 0 aliphatic carbocycles. The summed E-state index contributed by atoms with van der Waals surface area (Å²) in [7, 11) is 0. The first kappa shape index (κ1) is 10.9. The zero-order chi connectivity index (χ0) is 6.69. The normalized spacial score (nSPS) is 33.0. The van der Waals surface area contributed by atoms with Crippen molar-refractivity contribution in [2.24, 2.45) is 0 Å². The molecule has 0 aromatic heterocycles. The van der Waals surface area contributed by atoms with Gasteiger partial charge in [0.15, 0.2) is 0 Å². The van der Waals surface area contributed by atoms with E-state index in [1.807, 2.05) is 19.8 Å². The van der Waals surface area contributed by atoms with Gasteiger partial charge >= 0.3 is 29.6 Å². The summed E-state index contributed by atoms with van der Waals surface area (Å²) in [5.74, 6) is 0. The van der Waals surface area contributed by atoms with Crippen molar-refractivity contribution in [2.45, 2.75) is 25.6 Å². The van der Waals surface area contributed by atoms with Crippen molar-refractivity contribution >= 4 is 0 Å². The fraction of sp³-hybridized carbons (Fsp3) is 0.714. The molecular formula is C7H11NaO2. The van der Waals surface area contributed by atoms with Crippen molar-refractivity contribution in [3.63, 3.8) is 0 Å². The monoisotopic (exact) mass is 150 g/mol. The maximum atomic E-state index is 10.3. The maximum Gasteiger partial charge on any atom is 1.00 e. The van der Waals surface area contributed by atoms with Crippen LogP contribution in [0.4, 0.5) is 0 Å². The Kier molecular flexibility index (Phi) is 6.07. The van der Waals surface area contributed by atoms with Gasteiger partial charge in [-0.2, -0.15) is 0 Å². The Labute approximate surface area is 84.2 Å². The van der Waals surface area contributed by atoms with Crippen LogP contribution in [0.5, 0.6) is 0 Å². The van der Waals surface area contributed by atoms with Gasteiger partial charge in [0.05, 0.1) is 6.10 Å². The van der Waals surface area contributed by atoms with Crippen molar-refractivity contribution in [3.8, 4) is 0 Å². The molecule has 2 radical (unpaired) electrons. The van der Waals surface area contributed by atoms with Gasteiger partial charge in [0, 0.05) is 6.10 Å². The zero-order valence-electron chi connectivity index (χ0n) is 6.54. The molecule has 1 saturated heterocycles. The molecule has 3 heteroatoms. The van der Waals surface area contributed by atoms with Crippen molar-refractivity contribution in [2.75, 3.05) is 6.61 Å². The fourth-order valence-electron chi connectivity index (χ4n) is 0.916. The minimum Gasteiger partial charge on any atom is -0.853 e. The van der Waals surface area contributed by atoms with Gasteiger partial charge in [-0.3, -0.25) is 0 Å². The number of hydrogen-bond acceptors (Lipinski definition) is 2. The number of rotatable bonds is 1. The predicted molar refractivity (Wildman–Crippen MR) is 32.4 cm³/mol. The molecular weight excluding hydrogens is 139 g/mol. The van der Waals surface area contributed by atoms with Crippen LogP contribution in [0.2, 0.25) is 0 Å². The van der Waals surface area contributed by atoms with Crippen LogP contribution >= 0.6 is 0 Å². The first-order valence-corrected chi connectivity index (χ1v) is 3.23. The third-order valence-electron chi connectivity index (χ3n) is 1.39. The smallest absolute Gasteiger partial charge is 0.853 e. The second-order valence-electron chi connectivity index (χ2n) is 2.32. The second kappa shape index (κ2) is 5.56. The van der Waals surface area contributed by atoms with Crippen LogP contribution in [0, 0.1) is 12.8 Å². The molecule has 1 unspecified atom stereocenters. The molecule has 1 rings (SSSR count). The molecule has 1 aliphatic heterocycles. The predicted octanol–water partition coefficient (Wildman–Crippen LogP) is -3.06. The summed E-state index contributed by atoms with van der Waals surface area (Å²) in [6.07, 6.45) is 4.85. The molecule has 0 N–H and O–H groups in total. The third-order valence-corrected chi connectivity index (χ3v) is 1.39. The van der Waals surface area contributed by atoms with Gasteiger partial charge in [-0.1, -0.05) is 0 Å². The molecule has 0 amide bonds. The van der Waals surface area contributed by atoms with Crippen LogP contribution in [-0.4, -0.2) is 18.8 Å². The van der Waals surface area contributed by atoms with E-state index in [9.17, 15) is 5.11 Å². The summed E-state index contributed by atoms with van der Waals surface area (Å²) < 4.78 is 5.24. The van der Waals surface area contributed by atoms with Crippen LogP contribution in [-0.2, 0) is 4.74 Å². The molecule has 52 valence electrons. The van der Waals surface area contributed by atoms with Crippen molar-refractivity contribution in [1.29, 1.82) is 0 Å². The maximum absolute atomic E-state index is 10.3. The molecule has 2 nitrogen and oxygen atoms in total. The summed E-state index contributed by atoms with van der Waals surface area (Å²) in [6, 6.07) is 0. The molecule has 10 heavy (non-hydrogen) atoms. The summed E-state index contributed by atoms with van der Waals surface area (Å²) in [4.78, 5) is 0. The van der Waals surface area contributed by atoms with Gasteiger partial charge in [-0.15, -0.1) is 6.61 Å². The van der Waals surface area contributed by atoms with Gasteiger partial charge in [0.2, 0.25) is 0 Å². The molecule has 0 saturated carbocycles. The molecule has 1 aliphatic rings. The minimum atomic E-state index is -0.172. The average Bonchev–Trinajstić information content (AvgIpc) is 1.88. The van der Waals surface area contributed by atoms with Crippen LogP contribution < -0.4 is 34.7 Å². The first-order chi connectivity index (χ1) is 4.33. The molecule has 0 aromatic rings. The first-order valence-electron chi connectivity index (χ1n) is 3.23. The second-order valence-corrected chi connectivity index (χ2v) is 2.32.